The van der Waals surface area contributed by atoms with Crippen LogP contribution in [-0.4, -0.2) is 37.5 Å². The number of pyridine rings is 1. The Bertz CT molecular complexity index is 425. The van der Waals surface area contributed by atoms with E-state index in [1.807, 2.05) is 6.92 Å². The molecule has 1 rings (SSSR count). The van der Waals surface area contributed by atoms with Gasteiger partial charge in [-0.3, -0.25) is 4.98 Å². The lowest BCUT2D eigenvalue weighted by molar-refractivity contribution is -0.175. The molecule has 0 bridgehead atoms. The molecule has 4 nitrogen and oxygen atoms in total. The van der Waals surface area contributed by atoms with Crippen molar-refractivity contribution >= 4 is 0 Å². The Morgan fingerprint density at radius 3 is 2.67 bits per heavy atom. The van der Waals surface area contributed by atoms with Crippen LogP contribution in [0.5, 0.6) is 5.75 Å². The molecule has 21 heavy (non-hydrogen) atoms. The van der Waals surface area contributed by atoms with Crippen molar-refractivity contribution in [2.24, 2.45) is 0 Å². The maximum atomic E-state index is 11.9. The van der Waals surface area contributed by atoms with Gasteiger partial charge < -0.3 is 14.8 Å². The molecule has 1 N–H and O–H groups in total. The van der Waals surface area contributed by atoms with E-state index in [2.05, 4.69) is 22.0 Å². The Hall–Kier alpha value is -1.34. The van der Waals surface area contributed by atoms with Crippen molar-refractivity contribution in [1.29, 1.82) is 0 Å². The van der Waals surface area contributed by atoms with E-state index in [9.17, 15) is 13.2 Å². The fourth-order valence-corrected chi connectivity index (χ4v) is 1.64. The van der Waals surface area contributed by atoms with E-state index in [0.717, 1.165) is 24.4 Å². The molecule has 0 aliphatic heterocycles. The van der Waals surface area contributed by atoms with Crippen molar-refractivity contribution in [2.75, 3.05) is 26.4 Å². The van der Waals surface area contributed by atoms with Gasteiger partial charge in [0.2, 0.25) is 0 Å². The molecule has 1 heterocycles. The van der Waals surface area contributed by atoms with Crippen LogP contribution >= 0.6 is 0 Å². The van der Waals surface area contributed by atoms with Crippen LogP contribution in [0.3, 0.4) is 0 Å². The Labute approximate surface area is 122 Å². The van der Waals surface area contributed by atoms with E-state index in [4.69, 9.17) is 4.74 Å². The summed E-state index contributed by atoms with van der Waals surface area (Å²) in [6, 6.07) is 3.57. The van der Waals surface area contributed by atoms with Crippen LogP contribution in [-0.2, 0) is 11.3 Å². The number of nitrogens with one attached hydrogen (secondary N) is 1. The van der Waals surface area contributed by atoms with Gasteiger partial charge in [-0.15, -0.1) is 0 Å². The normalized spacial score (nSPS) is 11.7. The quantitative estimate of drug-likeness (QED) is 0.713. The maximum absolute atomic E-state index is 11.9. The van der Waals surface area contributed by atoms with Crippen molar-refractivity contribution in [3.05, 3.63) is 23.5 Å². The second-order valence-electron chi connectivity index (χ2n) is 4.59. The first-order chi connectivity index (χ1) is 9.92. The molecule has 0 spiro atoms. The molecule has 1 aromatic heterocycles. The molecule has 0 saturated carbocycles. The monoisotopic (exact) mass is 306 g/mol. The summed E-state index contributed by atoms with van der Waals surface area (Å²) in [7, 11) is 0. The first-order valence-electron chi connectivity index (χ1n) is 6.87. The lowest BCUT2D eigenvalue weighted by Crippen LogP contribution is -2.20. The van der Waals surface area contributed by atoms with Crippen LogP contribution < -0.4 is 10.1 Å². The number of aromatic nitrogens is 1. The second-order valence-corrected chi connectivity index (χ2v) is 4.59. The molecular weight excluding hydrogens is 285 g/mol. The Kier molecular flexibility index (Phi) is 7.45. The molecule has 7 heteroatoms. The molecular formula is C14H21F3N2O2. The molecule has 0 fully saturated rings. The van der Waals surface area contributed by atoms with Crippen molar-refractivity contribution in [2.45, 2.75) is 33.0 Å². The van der Waals surface area contributed by atoms with Gasteiger partial charge in [0.05, 0.1) is 12.3 Å². The predicted octanol–water partition coefficient (Wildman–Crippen LogP) is 2.85. The molecule has 0 amide bonds. The molecule has 0 unspecified atom stereocenters. The smallest absolute Gasteiger partial charge is 0.411 e. The van der Waals surface area contributed by atoms with E-state index in [1.54, 1.807) is 12.1 Å². The van der Waals surface area contributed by atoms with Gasteiger partial charge in [-0.1, -0.05) is 6.92 Å². The zero-order valence-electron chi connectivity index (χ0n) is 12.3. The minimum absolute atomic E-state index is 0.0571. The highest BCUT2D eigenvalue weighted by Gasteiger charge is 2.27. The van der Waals surface area contributed by atoms with E-state index in [0.29, 0.717) is 12.3 Å². The summed E-state index contributed by atoms with van der Waals surface area (Å²) in [5, 5.41) is 3.22. The van der Waals surface area contributed by atoms with Crippen molar-refractivity contribution in [3.8, 4) is 5.75 Å². The highest BCUT2D eigenvalue weighted by atomic mass is 19.4. The maximum Gasteiger partial charge on any atom is 0.411 e. The standard InChI is InChI=1S/C14H21F3N2O2/c1-3-6-18-9-12-13(5-4-11(2)19-12)21-8-7-20-10-14(15,16)17/h4-5,18H,3,6-10H2,1-2H3. The first-order valence-corrected chi connectivity index (χ1v) is 6.87. The molecule has 0 atom stereocenters. The summed E-state index contributed by atoms with van der Waals surface area (Å²) in [5.74, 6) is 0.569. The number of aryl methyl sites for hydroxylation is 1. The number of halogens is 3. The molecule has 0 saturated heterocycles. The zero-order chi connectivity index (χ0) is 15.7. The number of hydrogen-bond donors (Lipinski definition) is 1. The number of alkyl halides is 3. The van der Waals surface area contributed by atoms with E-state index in [-0.39, 0.29) is 13.2 Å². The highest BCUT2D eigenvalue weighted by Crippen LogP contribution is 2.17. The van der Waals surface area contributed by atoms with Gasteiger partial charge in [-0.25, -0.2) is 0 Å². The highest BCUT2D eigenvalue weighted by molar-refractivity contribution is 5.29. The fourth-order valence-electron chi connectivity index (χ4n) is 1.64. The molecule has 120 valence electrons. The predicted molar refractivity (Wildman–Crippen MR) is 73.3 cm³/mol. The first kappa shape index (κ1) is 17.7. The lowest BCUT2D eigenvalue weighted by atomic mass is 10.2. The van der Waals surface area contributed by atoms with Gasteiger partial charge in [0.15, 0.2) is 0 Å². The summed E-state index contributed by atoms with van der Waals surface area (Å²) >= 11 is 0. The number of ether oxygens (including phenoxy) is 2. The third kappa shape index (κ3) is 7.87. The van der Waals surface area contributed by atoms with Gasteiger partial charge in [0, 0.05) is 12.2 Å². The van der Waals surface area contributed by atoms with Crippen LogP contribution in [0.15, 0.2) is 12.1 Å². The van der Waals surface area contributed by atoms with E-state index in [1.165, 1.54) is 0 Å². The van der Waals surface area contributed by atoms with Crippen LogP contribution in [0.25, 0.3) is 0 Å². The number of rotatable bonds is 9. The summed E-state index contributed by atoms with van der Waals surface area (Å²) < 4.78 is 45.6. The third-order valence-electron chi connectivity index (χ3n) is 2.54. The topological polar surface area (TPSA) is 43.4 Å². The van der Waals surface area contributed by atoms with Crippen molar-refractivity contribution in [3.63, 3.8) is 0 Å². The Balaban J connectivity index is 2.42. The van der Waals surface area contributed by atoms with Gasteiger partial charge in [0.25, 0.3) is 0 Å². The minimum atomic E-state index is -4.30. The van der Waals surface area contributed by atoms with Crippen LogP contribution in [0.2, 0.25) is 0 Å². The van der Waals surface area contributed by atoms with Gasteiger partial charge >= 0.3 is 6.18 Å². The van der Waals surface area contributed by atoms with E-state index >= 15 is 0 Å². The van der Waals surface area contributed by atoms with Gasteiger partial charge in [0.1, 0.15) is 19.0 Å². The van der Waals surface area contributed by atoms with Crippen LogP contribution in [0.4, 0.5) is 13.2 Å². The van der Waals surface area contributed by atoms with Crippen molar-refractivity contribution < 1.29 is 22.6 Å². The Morgan fingerprint density at radius 2 is 2.00 bits per heavy atom. The van der Waals surface area contributed by atoms with Crippen LogP contribution in [0.1, 0.15) is 24.7 Å². The third-order valence-corrected chi connectivity index (χ3v) is 2.54. The zero-order valence-corrected chi connectivity index (χ0v) is 12.3. The molecule has 0 aliphatic carbocycles. The van der Waals surface area contributed by atoms with E-state index < -0.39 is 12.8 Å². The average Bonchev–Trinajstić information content (AvgIpc) is 2.39. The number of nitrogens with zero attached hydrogens (tertiary/aromatic N) is 1. The largest absolute Gasteiger partial charge is 0.489 e. The van der Waals surface area contributed by atoms with Gasteiger partial charge in [-0.2, -0.15) is 13.2 Å². The molecule has 0 aliphatic rings. The van der Waals surface area contributed by atoms with Crippen molar-refractivity contribution in [1.82, 2.24) is 10.3 Å². The number of hydrogen-bond acceptors (Lipinski definition) is 4. The van der Waals surface area contributed by atoms with Gasteiger partial charge in [-0.05, 0) is 32.0 Å². The SMILES string of the molecule is CCCNCc1nc(C)ccc1OCCOCC(F)(F)F. The van der Waals surface area contributed by atoms with Crippen LogP contribution in [0, 0.1) is 6.92 Å². The lowest BCUT2D eigenvalue weighted by Gasteiger charge is -2.13. The average molecular weight is 306 g/mol. The summed E-state index contributed by atoms with van der Waals surface area (Å²) in [6.45, 7) is 4.05. The summed E-state index contributed by atoms with van der Waals surface area (Å²) in [6.07, 6.45) is -3.30. The summed E-state index contributed by atoms with van der Waals surface area (Å²) in [4.78, 5) is 4.37. The molecule has 1 aromatic rings. The fraction of sp³-hybridized carbons (Fsp3) is 0.643. The molecule has 0 aromatic carbocycles. The Morgan fingerprint density at radius 1 is 1.24 bits per heavy atom. The molecule has 0 radical (unpaired) electrons. The minimum Gasteiger partial charge on any atom is -0.489 e. The second kappa shape index (κ2) is 8.84. The summed E-state index contributed by atoms with van der Waals surface area (Å²) in [5.41, 5.74) is 1.61.